The van der Waals surface area contributed by atoms with Crippen LogP contribution in [0.5, 0.6) is 0 Å². The van der Waals surface area contributed by atoms with Gasteiger partial charge in [-0.3, -0.25) is 0 Å². The maximum absolute atomic E-state index is 13.5. The lowest BCUT2D eigenvalue weighted by atomic mass is 9.86. The lowest BCUT2D eigenvalue weighted by molar-refractivity contribution is 0.0550. The molecule has 0 fully saturated rings. The van der Waals surface area contributed by atoms with Crippen LogP contribution < -0.4 is 10.2 Å². The largest absolute Gasteiger partial charge is 0.442 e. The van der Waals surface area contributed by atoms with Crippen molar-refractivity contribution in [3.63, 3.8) is 0 Å². The molecule has 1 unspecified atom stereocenters. The van der Waals surface area contributed by atoms with Crippen LogP contribution in [0.2, 0.25) is 10.0 Å². The monoisotopic (exact) mass is 522 g/mol. The Labute approximate surface area is 213 Å². The number of ether oxygens (including phenoxy) is 1. The maximum Gasteiger partial charge on any atom is 0.407 e. The van der Waals surface area contributed by atoms with Crippen molar-refractivity contribution in [2.75, 3.05) is 24.6 Å². The fraction of sp³-hybridized carbons (Fsp3) is 0.440. The second kappa shape index (κ2) is 10.2. The van der Waals surface area contributed by atoms with Crippen LogP contribution in [0.4, 0.5) is 14.9 Å². The lowest BCUT2D eigenvalue weighted by Crippen LogP contribution is -2.48. The minimum atomic E-state index is -0.735. The van der Waals surface area contributed by atoms with E-state index in [2.05, 4.69) is 10.3 Å². The van der Waals surface area contributed by atoms with Gasteiger partial charge in [-0.1, -0.05) is 44.0 Å². The van der Waals surface area contributed by atoms with Crippen molar-refractivity contribution in [2.24, 2.45) is 5.41 Å². The third kappa shape index (κ3) is 5.82. The zero-order valence-corrected chi connectivity index (χ0v) is 21.4. The average molecular weight is 523 g/mol. The minimum Gasteiger partial charge on any atom is -0.442 e. The fourth-order valence-electron chi connectivity index (χ4n) is 4.27. The summed E-state index contributed by atoms with van der Waals surface area (Å²) in [5.41, 5.74) is 3.01. The summed E-state index contributed by atoms with van der Waals surface area (Å²) >= 11 is 12.3. The molecule has 2 atom stereocenters. The molecule has 1 aliphatic rings. The number of benzene rings is 2. The number of anilines is 1. The molecule has 0 saturated carbocycles. The van der Waals surface area contributed by atoms with Gasteiger partial charge in [-0.2, -0.15) is 0 Å². The molecule has 3 aromatic rings. The zero-order valence-electron chi connectivity index (χ0n) is 19.9. The van der Waals surface area contributed by atoms with Gasteiger partial charge < -0.3 is 24.6 Å². The summed E-state index contributed by atoms with van der Waals surface area (Å²) < 4.78 is 21.0. The van der Waals surface area contributed by atoms with E-state index in [-0.39, 0.29) is 23.9 Å². The molecule has 0 saturated heterocycles. The Hall–Kier alpha value is -2.55. The van der Waals surface area contributed by atoms with E-state index in [0.717, 1.165) is 16.8 Å². The number of carbonyl (C=O) groups excluding carboxylic acids is 1. The number of hydrogen-bond acceptors (Lipinski definition) is 5. The van der Waals surface area contributed by atoms with Gasteiger partial charge in [-0.25, -0.2) is 14.2 Å². The van der Waals surface area contributed by atoms with Crippen LogP contribution in [0.15, 0.2) is 36.7 Å². The lowest BCUT2D eigenvalue weighted by Gasteiger charge is -2.32. The van der Waals surface area contributed by atoms with Gasteiger partial charge in [-0.05, 0) is 47.7 Å². The summed E-state index contributed by atoms with van der Waals surface area (Å²) in [7, 11) is 0. The number of nitrogens with zero attached hydrogens (tertiary/aromatic N) is 3. The van der Waals surface area contributed by atoms with E-state index in [1.165, 1.54) is 12.1 Å². The average Bonchev–Trinajstić information content (AvgIpc) is 3.36. The summed E-state index contributed by atoms with van der Waals surface area (Å²) in [6.45, 7) is 7.15. The van der Waals surface area contributed by atoms with Gasteiger partial charge >= 0.3 is 6.09 Å². The SMILES string of the molecule is CC(C)(C)C(Cn1cnc2cc(Cl)c(Cl)cc21)NC(=O)O[C@@H](CO)CN1CCc2cc(F)ccc21. The first kappa shape index (κ1) is 25.5. The van der Waals surface area contributed by atoms with Crippen molar-refractivity contribution < 1.29 is 19.0 Å². The normalized spacial score (nSPS) is 15.2. The van der Waals surface area contributed by atoms with Crippen LogP contribution in [0.25, 0.3) is 11.0 Å². The number of amides is 1. The molecule has 0 bridgehead atoms. The smallest absolute Gasteiger partial charge is 0.407 e. The van der Waals surface area contributed by atoms with E-state index in [9.17, 15) is 14.3 Å². The van der Waals surface area contributed by atoms with E-state index in [4.69, 9.17) is 27.9 Å². The molecule has 1 aliphatic heterocycles. The van der Waals surface area contributed by atoms with Gasteiger partial charge in [0.25, 0.3) is 0 Å². The second-order valence-corrected chi connectivity index (χ2v) is 10.7. The van der Waals surface area contributed by atoms with Gasteiger partial charge in [0.05, 0.1) is 46.6 Å². The van der Waals surface area contributed by atoms with E-state index in [1.807, 2.05) is 30.2 Å². The molecule has 2 heterocycles. The van der Waals surface area contributed by atoms with E-state index in [0.29, 0.717) is 41.6 Å². The molecule has 4 rings (SSSR count). The van der Waals surface area contributed by atoms with E-state index >= 15 is 0 Å². The Morgan fingerprint density at radius 1 is 1.23 bits per heavy atom. The van der Waals surface area contributed by atoms with Crippen molar-refractivity contribution in [1.82, 2.24) is 14.9 Å². The third-order valence-electron chi connectivity index (χ3n) is 6.31. The Balaban J connectivity index is 1.43. The number of halogens is 3. The highest BCUT2D eigenvalue weighted by Gasteiger charge is 2.30. The van der Waals surface area contributed by atoms with Crippen LogP contribution in [0.3, 0.4) is 0 Å². The molecule has 1 aromatic heterocycles. The Morgan fingerprint density at radius 2 is 1.97 bits per heavy atom. The first-order chi connectivity index (χ1) is 16.5. The number of aliphatic hydroxyl groups excluding tert-OH is 1. The van der Waals surface area contributed by atoms with Crippen molar-refractivity contribution in [2.45, 2.75) is 45.9 Å². The molecular formula is C25H29Cl2FN4O3. The third-order valence-corrected chi connectivity index (χ3v) is 7.04. The number of nitrogens with one attached hydrogen (secondary N) is 1. The number of carbonyl (C=O) groups is 1. The molecule has 0 radical (unpaired) electrons. The highest BCUT2D eigenvalue weighted by molar-refractivity contribution is 6.42. The quantitative estimate of drug-likeness (QED) is 0.454. The molecule has 2 N–H and O–H groups in total. The number of aliphatic hydroxyl groups is 1. The molecule has 35 heavy (non-hydrogen) atoms. The first-order valence-corrected chi connectivity index (χ1v) is 12.2. The number of aromatic nitrogens is 2. The Bertz CT molecular complexity index is 1230. The van der Waals surface area contributed by atoms with Gasteiger partial charge in [0.1, 0.15) is 11.9 Å². The molecule has 10 heteroatoms. The Kier molecular flexibility index (Phi) is 7.45. The Morgan fingerprint density at radius 3 is 2.69 bits per heavy atom. The first-order valence-electron chi connectivity index (χ1n) is 11.5. The highest BCUT2D eigenvalue weighted by atomic mass is 35.5. The molecule has 7 nitrogen and oxygen atoms in total. The van der Waals surface area contributed by atoms with Gasteiger partial charge in [0, 0.05) is 18.8 Å². The van der Waals surface area contributed by atoms with Crippen LogP contribution in [-0.2, 0) is 17.7 Å². The topological polar surface area (TPSA) is 79.6 Å². The van der Waals surface area contributed by atoms with Crippen LogP contribution >= 0.6 is 23.2 Å². The number of fused-ring (bicyclic) bond motifs is 2. The summed E-state index contributed by atoms with van der Waals surface area (Å²) in [6, 6.07) is 7.80. The molecular weight excluding hydrogens is 494 g/mol. The van der Waals surface area contributed by atoms with Gasteiger partial charge in [-0.15, -0.1) is 0 Å². The molecule has 0 aliphatic carbocycles. The van der Waals surface area contributed by atoms with Crippen LogP contribution in [-0.4, -0.2) is 52.6 Å². The molecule has 0 spiro atoms. The van der Waals surface area contributed by atoms with Crippen LogP contribution in [0.1, 0.15) is 26.3 Å². The van der Waals surface area contributed by atoms with Crippen molar-refractivity contribution in [3.8, 4) is 0 Å². The number of alkyl carbamates (subject to hydrolysis) is 1. The van der Waals surface area contributed by atoms with Crippen LogP contribution in [0, 0.1) is 11.2 Å². The molecule has 1 amide bonds. The molecule has 2 aromatic carbocycles. The van der Waals surface area contributed by atoms with Gasteiger partial charge in [0.15, 0.2) is 0 Å². The highest BCUT2D eigenvalue weighted by Crippen LogP contribution is 2.30. The van der Waals surface area contributed by atoms with Gasteiger partial charge in [0.2, 0.25) is 0 Å². The van der Waals surface area contributed by atoms with Crippen molar-refractivity contribution >= 4 is 46.0 Å². The van der Waals surface area contributed by atoms with E-state index < -0.39 is 12.2 Å². The summed E-state index contributed by atoms with van der Waals surface area (Å²) in [5.74, 6) is -0.274. The van der Waals surface area contributed by atoms with Crippen molar-refractivity contribution in [3.05, 3.63) is 58.1 Å². The predicted octanol–water partition coefficient (Wildman–Crippen LogP) is 5.05. The standard InChI is InChI=1S/C25H29Cl2FN4O3/c1-25(2,3)23(12-32-14-29-20-9-18(26)19(27)10-22(20)32)30-24(34)35-17(13-33)11-31-7-6-15-8-16(28)4-5-21(15)31/h4-5,8-10,14,17,23,33H,6-7,11-13H2,1-3H3,(H,30,34)/t17-,23?/m1/s1. The van der Waals surface area contributed by atoms with E-state index in [1.54, 1.807) is 24.5 Å². The number of imidazole rings is 1. The summed E-state index contributed by atoms with van der Waals surface area (Å²) in [5, 5.41) is 13.7. The summed E-state index contributed by atoms with van der Waals surface area (Å²) in [4.78, 5) is 19.2. The fourth-order valence-corrected chi connectivity index (χ4v) is 4.58. The summed E-state index contributed by atoms with van der Waals surface area (Å²) in [6.07, 6.45) is 1.04. The number of hydrogen-bond donors (Lipinski definition) is 2. The molecule has 188 valence electrons. The van der Waals surface area contributed by atoms with Crippen molar-refractivity contribution in [1.29, 1.82) is 0 Å². The zero-order chi connectivity index (χ0) is 25.3. The second-order valence-electron chi connectivity index (χ2n) is 9.89. The number of rotatable bonds is 7. The maximum atomic E-state index is 13.5. The minimum absolute atomic E-state index is 0.274. The predicted molar refractivity (Wildman–Crippen MR) is 136 cm³/mol.